The molecule has 0 aliphatic heterocycles. The van der Waals surface area contributed by atoms with E-state index in [1.54, 1.807) is 0 Å². The zero-order valence-corrected chi connectivity index (χ0v) is 11.4. The fraction of sp³-hybridized carbons (Fsp3) is 0.462. The molecule has 17 heavy (non-hydrogen) atoms. The van der Waals surface area contributed by atoms with Crippen LogP contribution in [-0.4, -0.2) is 19.5 Å². The third kappa shape index (κ3) is 5.20. The maximum absolute atomic E-state index is 11.7. The highest BCUT2D eigenvalue weighted by molar-refractivity contribution is 5.92. The number of halogens is 1. The van der Waals surface area contributed by atoms with Crippen molar-refractivity contribution in [3.8, 4) is 0 Å². The highest BCUT2D eigenvalue weighted by atomic mass is 35.5. The van der Waals surface area contributed by atoms with Gasteiger partial charge in [-0.25, -0.2) is 0 Å². The molecule has 0 radical (unpaired) electrons. The Kier molecular flexibility index (Phi) is 7.59. The minimum absolute atomic E-state index is 0. The Balaban J connectivity index is 0.00000256. The maximum Gasteiger partial charge on any atom is 0.228 e. The van der Waals surface area contributed by atoms with Crippen molar-refractivity contribution in [2.24, 2.45) is 5.92 Å². The number of anilines is 1. The summed E-state index contributed by atoms with van der Waals surface area (Å²) in [5.41, 5.74) is 2.14. The molecule has 4 heteroatoms. The van der Waals surface area contributed by atoms with Gasteiger partial charge in [-0.1, -0.05) is 26.0 Å². The summed E-state index contributed by atoms with van der Waals surface area (Å²) < 4.78 is 0. The molecule has 0 aliphatic carbocycles. The summed E-state index contributed by atoms with van der Waals surface area (Å²) >= 11 is 0. The van der Waals surface area contributed by atoms with Gasteiger partial charge in [-0.2, -0.15) is 0 Å². The number of benzene rings is 1. The molecule has 3 nitrogen and oxygen atoms in total. The predicted molar refractivity (Wildman–Crippen MR) is 74.8 cm³/mol. The molecule has 1 atom stereocenters. The van der Waals surface area contributed by atoms with E-state index >= 15 is 0 Å². The Hall–Kier alpha value is -1.06. The number of amides is 1. The van der Waals surface area contributed by atoms with E-state index < -0.39 is 0 Å². The van der Waals surface area contributed by atoms with Crippen LogP contribution in [0.15, 0.2) is 24.3 Å². The number of carbonyl (C=O) groups is 1. The fourth-order valence-electron chi connectivity index (χ4n) is 1.49. The van der Waals surface area contributed by atoms with Crippen molar-refractivity contribution in [2.75, 3.05) is 18.9 Å². The molecule has 0 aromatic heterocycles. The van der Waals surface area contributed by atoms with Gasteiger partial charge in [0, 0.05) is 18.2 Å². The number of hydrogen-bond acceptors (Lipinski definition) is 2. The lowest BCUT2D eigenvalue weighted by atomic mass is 10.1. The van der Waals surface area contributed by atoms with Crippen molar-refractivity contribution in [1.82, 2.24) is 5.32 Å². The van der Waals surface area contributed by atoms with Crippen molar-refractivity contribution in [3.05, 3.63) is 29.8 Å². The second kappa shape index (κ2) is 8.09. The van der Waals surface area contributed by atoms with E-state index in [-0.39, 0.29) is 24.2 Å². The summed E-state index contributed by atoms with van der Waals surface area (Å²) in [4.78, 5) is 11.7. The molecule has 0 fully saturated rings. The number of hydrogen-bond donors (Lipinski definition) is 2. The first-order valence-electron chi connectivity index (χ1n) is 5.71. The number of nitrogens with one attached hydrogen (secondary N) is 2. The summed E-state index contributed by atoms with van der Waals surface area (Å²) in [6, 6.07) is 7.97. The first-order valence-corrected chi connectivity index (χ1v) is 5.71. The molecule has 2 N–H and O–H groups in total. The van der Waals surface area contributed by atoms with Crippen LogP contribution in [0.4, 0.5) is 5.69 Å². The molecule has 1 aromatic rings. The average molecular weight is 257 g/mol. The van der Waals surface area contributed by atoms with E-state index in [0.29, 0.717) is 6.54 Å². The second-order valence-corrected chi connectivity index (χ2v) is 4.00. The Labute approximate surface area is 109 Å². The third-order valence-corrected chi connectivity index (χ3v) is 2.59. The van der Waals surface area contributed by atoms with Crippen LogP contribution < -0.4 is 10.6 Å². The molecular formula is C13H21ClN2O. The SMILES string of the molecule is CCc1ccc(NC(=O)C(C)CNC)cc1.Cl. The molecule has 0 heterocycles. The van der Waals surface area contributed by atoms with Crippen LogP contribution in [0.5, 0.6) is 0 Å². The minimum atomic E-state index is -0.0177. The van der Waals surface area contributed by atoms with E-state index in [1.165, 1.54) is 5.56 Å². The summed E-state index contributed by atoms with van der Waals surface area (Å²) in [5.74, 6) is 0.0365. The average Bonchev–Trinajstić information content (AvgIpc) is 2.30. The van der Waals surface area contributed by atoms with Gasteiger partial charge in [-0.15, -0.1) is 12.4 Å². The van der Waals surface area contributed by atoms with Gasteiger partial charge in [0.15, 0.2) is 0 Å². The second-order valence-electron chi connectivity index (χ2n) is 4.00. The van der Waals surface area contributed by atoms with Crippen LogP contribution >= 0.6 is 12.4 Å². The van der Waals surface area contributed by atoms with E-state index in [2.05, 4.69) is 17.6 Å². The van der Waals surface area contributed by atoms with Gasteiger partial charge >= 0.3 is 0 Å². The predicted octanol–water partition coefficient (Wildman–Crippen LogP) is 2.46. The normalized spacial score (nSPS) is 11.5. The Morgan fingerprint density at radius 2 is 1.88 bits per heavy atom. The lowest BCUT2D eigenvalue weighted by Gasteiger charge is -2.11. The topological polar surface area (TPSA) is 41.1 Å². The highest BCUT2D eigenvalue weighted by Gasteiger charge is 2.11. The van der Waals surface area contributed by atoms with Crippen LogP contribution in [0.3, 0.4) is 0 Å². The zero-order chi connectivity index (χ0) is 12.0. The summed E-state index contributed by atoms with van der Waals surface area (Å²) in [6.07, 6.45) is 1.02. The van der Waals surface area contributed by atoms with Crippen LogP contribution in [-0.2, 0) is 11.2 Å². The lowest BCUT2D eigenvalue weighted by molar-refractivity contribution is -0.119. The van der Waals surface area contributed by atoms with Gasteiger partial charge in [0.25, 0.3) is 0 Å². The Morgan fingerprint density at radius 1 is 1.29 bits per heavy atom. The van der Waals surface area contributed by atoms with Crippen LogP contribution in [0.2, 0.25) is 0 Å². The van der Waals surface area contributed by atoms with Crippen molar-refractivity contribution >= 4 is 24.0 Å². The monoisotopic (exact) mass is 256 g/mol. The van der Waals surface area contributed by atoms with Gasteiger partial charge in [0.1, 0.15) is 0 Å². The molecular weight excluding hydrogens is 236 g/mol. The van der Waals surface area contributed by atoms with Gasteiger partial charge in [0.05, 0.1) is 0 Å². The van der Waals surface area contributed by atoms with Crippen molar-refractivity contribution in [2.45, 2.75) is 20.3 Å². The summed E-state index contributed by atoms with van der Waals surface area (Å²) in [5, 5.41) is 5.89. The van der Waals surface area contributed by atoms with Crippen molar-refractivity contribution in [3.63, 3.8) is 0 Å². The Bertz CT molecular complexity index is 338. The summed E-state index contributed by atoms with van der Waals surface area (Å²) in [6.45, 7) is 4.72. The number of rotatable bonds is 5. The van der Waals surface area contributed by atoms with E-state index in [0.717, 1.165) is 12.1 Å². The highest BCUT2D eigenvalue weighted by Crippen LogP contribution is 2.11. The van der Waals surface area contributed by atoms with Crippen molar-refractivity contribution < 1.29 is 4.79 Å². The van der Waals surface area contributed by atoms with Gasteiger partial charge < -0.3 is 10.6 Å². The quantitative estimate of drug-likeness (QED) is 0.850. The molecule has 1 aromatic carbocycles. The molecule has 96 valence electrons. The molecule has 1 amide bonds. The molecule has 0 saturated heterocycles. The number of aryl methyl sites for hydroxylation is 1. The smallest absolute Gasteiger partial charge is 0.228 e. The fourth-order valence-corrected chi connectivity index (χ4v) is 1.49. The van der Waals surface area contributed by atoms with Gasteiger partial charge in [0.2, 0.25) is 5.91 Å². The minimum Gasteiger partial charge on any atom is -0.326 e. The van der Waals surface area contributed by atoms with E-state index in [4.69, 9.17) is 0 Å². The molecule has 0 spiro atoms. The maximum atomic E-state index is 11.7. The van der Waals surface area contributed by atoms with Gasteiger partial charge in [-0.05, 0) is 31.2 Å². The van der Waals surface area contributed by atoms with Crippen LogP contribution in [0.25, 0.3) is 0 Å². The van der Waals surface area contributed by atoms with Crippen LogP contribution in [0, 0.1) is 5.92 Å². The molecule has 0 saturated carbocycles. The van der Waals surface area contributed by atoms with E-state index in [1.807, 2.05) is 38.2 Å². The lowest BCUT2D eigenvalue weighted by Crippen LogP contribution is -2.28. The third-order valence-electron chi connectivity index (χ3n) is 2.59. The summed E-state index contributed by atoms with van der Waals surface area (Å²) in [7, 11) is 1.85. The Morgan fingerprint density at radius 3 is 2.35 bits per heavy atom. The van der Waals surface area contributed by atoms with Crippen molar-refractivity contribution in [1.29, 1.82) is 0 Å². The number of carbonyl (C=O) groups excluding carboxylic acids is 1. The standard InChI is InChI=1S/C13H20N2O.ClH/c1-4-11-5-7-12(8-6-11)15-13(16)10(2)9-14-3;/h5-8,10,14H,4,9H2,1-3H3,(H,15,16);1H. The molecule has 1 unspecified atom stereocenters. The zero-order valence-electron chi connectivity index (χ0n) is 10.6. The molecule has 1 rings (SSSR count). The first kappa shape index (κ1) is 15.9. The largest absolute Gasteiger partial charge is 0.326 e. The van der Waals surface area contributed by atoms with Crippen LogP contribution in [0.1, 0.15) is 19.4 Å². The molecule has 0 bridgehead atoms. The van der Waals surface area contributed by atoms with Gasteiger partial charge in [-0.3, -0.25) is 4.79 Å². The first-order chi connectivity index (χ1) is 7.67. The molecule has 0 aliphatic rings. The van der Waals surface area contributed by atoms with E-state index in [9.17, 15) is 4.79 Å².